The van der Waals surface area contributed by atoms with Crippen molar-refractivity contribution in [2.45, 2.75) is 111 Å². The van der Waals surface area contributed by atoms with Gasteiger partial charge in [-0.25, -0.2) is 0 Å². The lowest BCUT2D eigenvalue weighted by Gasteiger charge is -2.28. The van der Waals surface area contributed by atoms with Crippen LogP contribution < -0.4 is 27.4 Å². The molecule has 0 saturated heterocycles. The van der Waals surface area contributed by atoms with Crippen LogP contribution in [0.5, 0.6) is 0 Å². The average molecular weight is 498 g/mol. The zero-order valence-electron chi connectivity index (χ0n) is 23.3. The fourth-order valence-electron chi connectivity index (χ4n) is 4.41. The Hall–Kier alpha value is -1.67. The number of nitrogens with one attached hydrogen (secondary N) is 3. The first kappa shape index (κ1) is 33.3. The SMILES string of the molecule is CCCCCCNC(=O)C(C)C(C(=O)NCCCCC(C)N)C(C)C(=O)NCCC(C)CC(C)N. The van der Waals surface area contributed by atoms with Crippen molar-refractivity contribution < 1.29 is 14.4 Å². The molecular weight excluding hydrogens is 442 g/mol. The van der Waals surface area contributed by atoms with Gasteiger partial charge < -0.3 is 27.4 Å². The Morgan fingerprint density at radius 2 is 1.14 bits per heavy atom. The molecule has 0 aromatic carbocycles. The lowest BCUT2D eigenvalue weighted by atomic mass is 9.81. The third-order valence-corrected chi connectivity index (χ3v) is 6.63. The van der Waals surface area contributed by atoms with E-state index in [-0.39, 0.29) is 29.8 Å². The molecule has 0 radical (unpaired) electrons. The minimum Gasteiger partial charge on any atom is -0.356 e. The van der Waals surface area contributed by atoms with Crippen molar-refractivity contribution in [3.8, 4) is 0 Å². The molecule has 0 rings (SSSR count). The molecule has 0 aromatic heterocycles. The van der Waals surface area contributed by atoms with Gasteiger partial charge in [0, 0.05) is 43.6 Å². The molecule has 0 aromatic rings. The summed E-state index contributed by atoms with van der Waals surface area (Å²) in [5, 5.41) is 8.88. The summed E-state index contributed by atoms with van der Waals surface area (Å²) in [5.41, 5.74) is 11.7. The van der Waals surface area contributed by atoms with Crippen molar-refractivity contribution in [3.05, 3.63) is 0 Å². The van der Waals surface area contributed by atoms with Gasteiger partial charge in [0.15, 0.2) is 0 Å². The highest BCUT2D eigenvalue weighted by atomic mass is 16.2. The van der Waals surface area contributed by atoms with E-state index in [2.05, 4.69) is 29.8 Å². The van der Waals surface area contributed by atoms with Crippen molar-refractivity contribution in [1.29, 1.82) is 0 Å². The summed E-state index contributed by atoms with van der Waals surface area (Å²) in [4.78, 5) is 38.9. The molecule has 35 heavy (non-hydrogen) atoms. The third kappa shape index (κ3) is 15.8. The zero-order valence-corrected chi connectivity index (χ0v) is 23.3. The summed E-state index contributed by atoms with van der Waals surface area (Å²) in [6.07, 6.45) is 8.61. The van der Waals surface area contributed by atoms with Crippen molar-refractivity contribution >= 4 is 17.7 Å². The summed E-state index contributed by atoms with van der Waals surface area (Å²) in [6, 6.07) is 0.265. The van der Waals surface area contributed by atoms with Gasteiger partial charge in [-0.15, -0.1) is 0 Å². The summed E-state index contributed by atoms with van der Waals surface area (Å²) in [7, 11) is 0. The van der Waals surface area contributed by atoms with Gasteiger partial charge in [-0.1, -0.05) is 53.4 Å². The molecule has 6 unspecified atom stereocenters. The Labute approximate surface area is 214 Å². The fraction of sp³-hybridized carbons (Fsp3) is 0.889. The summed E-state index contributed by atoms with van der Waals surface area (Å²) >= 11 is 0. The van der Waals surface area contributed by atoms with Crippen molar-refractivity contribution in [3.63, 3.8) is 0 Å². The molecule has 0 aliphatic rings. The maximum Gasteiger partial charge on any atom is 0.224 e. The zero-order chi connectivity index (χ0) is 26.8. The maximum absolute atomic E-state index is 13.1. The fourth-order valence-corrected chi connectivity index (χ4v) is 4.41. The van der Waals surface area contributed by atoms with Crippen LogP contribution in [0.4, 0.5) is 0 Å². The van der Waals surface area contributed by atoms with E-state index < -0.39 is 17.8 Å². The highest BCUT2D eigenvalue weighted by molar-refractivity contribution is 5.92. The topological polar surface area (TPSA) is 139 Å². The average Bonchev–Trinajstić information content (AvgIpc) is 2.77. The number of hydrogen-bond donors (Lipinski definition) is 5. The highest BCUT2D eigenvalue weighted by Gasteiger charge is 2.37. The van der Waals surface area contributed by atoms with E-state index in [1.807, 2.05) is 13.8 Å². The second kappa shape index (κ2) is 19.5. The van der Waals surface area contributed by atoms with Crippen LogP contribution in [0.3, 0.4) is 0 Å². The molecule has 0 bridgehead atoms. The van der Waals surface area contributed by atoms with Gasteiger partial charge in [-0.3, -0.25) is 14.4 Å². The number of carbonyl (C=O) groups is 3. The molecule has 0 aliphatic heterocycles. The van der Waals surface area contributed by atoms with Gasteiger partial charge in [0.2, 0.25) is 17.7 Å². The standard InChI is InChI=1S/C27H55N5O3/c1-7-8-9-11-15-30-25(33)22(5)24(27(35)31-16-12-10-13-20(3)28)23(6)26(34)32-17-14-19(2)18-21(4)29/h19-24H,7-18,28-29H2,1-6H3,(H,30,33)(H,31,35)(H,32,34). The Morgan fingerprint density at radius 1 is 0.629 bits per heavy atom. The lowest BCUT2D eigenvalue weighted by molar-refractivity contribution is -0.140. The van der Waals surface area contributed by atoms with Gasteiger partial charge in [-0.05, 0) is 51.9 Å². The molecule has 7 N–H and O–H groups in total. The van der Waals surface area contributed by atoms with E-state index in [9.17, 15) is 14.4 Å². The Balaban J connectivity index is 5.04. The lowest BCUT2D eigenvalue weighted by Crippen LogP contribution is -2.48. The van der Waals surface area contributed by atoms with Crippen LogP contribution in [0.2, 0.25) is 0 Å². The Kier molecular flexibility index (Phi) is 18.6. The first-order valence-electron chi connectivity index (χ1n) is 13.8. The number of unbranched alkanes of at least 4 members (excludes halogenated alkanes) is 4. The molecule has 3 amide bonds. The summed E-state index contributed by atoms with van der Waals surface area (Å²) < 4.78 is 0. The van der Waals surface area contributed by atoms with E-state index in [4.69, 9.17) is 11.5 Å². The van der Waals surface area contributed by atoms with Crippen molar-refractivity contribution in [2.24, 2.45) is 35.1 Å². The Morgan fingerprint density at radius 3 is 1.66 bits per heavy atom. The van der Waals surface area contributed by atoms with Crippen LogP contribution in [0, 0.1) is 23.7 Å². The van der Waals surface area contributed by atoms with Crippen molar-refractivity contribution in [1.82, 2.24) is 16.0 Å². The molecular formula is C27H55N5O3. The molecule has 8 nitrogen and oxygen atoms in total. The molecule has 0 fully saturated rings. The molecule has 0 heterocycles. The van der Waals surface area contributed by atoms with Gasteiger partial charge in [0.1, 0.15) is 0 Å². The predicted molar refractivity (Wildman–Crippen MR) is 145 cm³/mol. The molecule has 206 valence electrons. The van der Waals surface area contributed by atoms with Gasteiger partial charge in [-0.2, -0.15) is 0 Å². The van der Waals surface area contributed by atoms with Gasteiger partial charge in [0.25, 0.3) is 0 Å². The van der Waals surface area contributed by atoms with Gasteiger partial charge >= 0.3 is 0 Å². The maximum atomic E-state index is 13.1. The molecule has 0 aliphatic carbocycles. The second-order valence-electron chi connectivity index (χ2n) is 10.6. The van der Waals surface area contributed by atoms with E-state index in [1.54, 1.807) is 13.8 Å². The quantitative estimate of drug-likeness (QED) is 0.164. The Bertz CT molecular complexity index is 597. The highest BCUT2D eigenvalue weighted by Crippen LogP contribution is 2.23. The largest absolute Gasteiger partial charge is 0.356 e. The number of hydrogen-bond acceptors (Lipinski definition) is 5. The summed E-state index contributed by atoms with van der Waals surface area (Å²) in [6.45, 7) is 13.3. The molecule has 0 spiro atoms. The molecule has 8 heteroatoms. The van der Waals surface area contributed by atoms with E-state index >= 15 is 0 Å². The molecule has 6 atom stereocenters. The minimum absolute atomic E-state index is 0.127. The van der Waals surface area contributed by atoms with Crippen LogP contribution >= 0.6 is 0 Å². The van der Waals surface area contributed by atoms with Crippen LogP contribution in [0.25, 0.3) is 0 Å². The monoisotopic (exact) mass is 497 g/mol. The number of rotatable bonds is 20. The first-order valence-corrected chi connectivity index (χ1v) is 13.8. The molecule has 0 saturated carbocycles. The summed E-state index contributed by atoms with van der Waals surface area (Å²) in [5.74, 6) is -2.18. The van der Waals surface area contributed by atoms with Crippen LogP contribution in [-0.2, 0) is 14.4 Å². The number of nitrogens with two attached hydrogens (primary N) is 2. The third-order valence-electron chi connectivity index (χ3n) is 6.63. The smallest absolute Gasteiger partial charge is 0.224 e. The van der Waals surface area contributed by atoms with Gasteiger partial charge in [0.05, 0.1) is 5.92 Å². The van der Waals surface area contributed by atoms with Crippen LogP contribution in [-0.4, -0.2) is 49.4 Å². The predicted octanol–water partition coefficient (Wildman–Crippen LogP) is 3.08. The van der Waals surface area contributed by atoms with E-state index in [1.165, 1.54) is 0 Å². The van der Waals surface area contributed by atoms with Crippen molar-refractivity contribution in [2.75, 3.05) is 19.6 Å². The van der Waals surface area contributed by atoms with E-state index in [0.717, 1.165) is 57.8 Å². The van der Waals surface area contributed by atoms with Crippen LogP contribution in [0.1, 0.15) is 99.3 Å². The van der Waals surface area contributed by atoms with E-state index in [0.29, 0.717) is 25.6 Å². The minimum atomic E-state index is -0.736. The van der Waals surface area contributed by atoms with Crippen LogP contribution in [0.15, 0.2) is 0 Å². The number of amides is 3. The normalized spacial score (nSPS) is 16.5. The second-order valence-corrected chi connectivity index (χ2v) is 10.6. The number of carbonyl (C=O) groups excluding carboxylic acids is 3. The first-order chi connectivity index (χ1) is 16.5.